The second-order valence-corrected chi connectivity index (χ2v) is 4.38. The number of hydrogen-bond donors (Lipinski definition) is 2. The summed E-state index contributed by atoms with van der Waals surface area (Å²) in [5.41, 5.74) is 7.02. The Kier molecular flexibility index (Phi) is 4.04. The van der Waals surface area contributed by atoms with Gasteiger partial charge in [0.1, 0.15) is 0 Å². The summed E-state index contributed by atoms with van der Waals surface area (Å²) in [4.78, 5) is 4.28. The fourth-order valence-corrected chi connectivity index (χ4v) is 2.27. The van der Waals surface area contributed by atoms with Gasteiger partial charge in [-0.3, -0.25) is 11.3 Å². The Labute approximate surface area is 99.3 Å². The highest BCUT2D eigenvalue weighted by Crippen LogP contribution is 2.18. The molecule has 0 saturated heterocycles. The molecule has 0 aliphatic rings. The van der Waals surface area contributed by atoms with Crippen LogP contribution < -0.4 is 11.3 Å². The number of aromatic nitrogens is 1. The topological polar surface area (TPSA) is 50.9 Å². The lowest BCUT2D eigenvalue weighted by Gasteiger charge is -2.13. The molecule has 0 amide bonds. The summed E-state index contributed by atoms with van der Waals surface area (Å²) in [6.45, 7) is 0. The third-order valence-electron chi connectivity index (χ3n) is 2.57. The van der Waals surface area contributed by atoms with Crippen LogP contribution in [0.5, 0.6) is 0 Å². The SMILES string of the molecule is NNC(CCc1ccccc1)c1cscn1. The molecular weight excluding hydrogens is 218 g/mol. The Morgan fingerprint density at radius 3 is 2.75 bits per heavy atom. The zero-order valence-electron chi connectivity index (χ0n) is 8.97. The molecule has 4 heteroatoms. The average molecular weight is 233 g/mol. The van der Waals surface area contributed by atoms with Crippen LogP contribution in [-0.2, 0) is 6.42 Å². The predicted octanol–water partition coefficient (Wildman–Crippen LogP) is 2.28. The molecule has 1 atom stereocenters. The predicted molar refractivity (Wildman–Crippen MR) is 66.9 cm³/mol. The average Bonchev–Trinajstić information content (AvgIpc) is 2.85. The van der Waals surface area contributed by atoms with Gasteiger partial charge in [-0.05, 0) is 18.4 Å². The molecule has 0 aliphatic heterocycles. The van der Waals surface area contributed by atoms with Crippen molar-refractivity contribution in [2.24, 2.45) is 5.84 Å². The highest BCUT2D eigenvalue weighted by molar-refractivity contribution is 7.07. The third-order valence-corrected chi connectivity index (χ3v) is 3.18. The summed E-state index contributed by atoms with van der Waals surface area (Å²) in [7, 11) is 0. The van der Waals surface area contributed by atoms with E-state index in [1.807, 2.05) is 17.0 Å². The number of nitrogens with two attached hydrogens (primary N) is 1. The van der Waals surface area contributed by atoms with Crippen LogP contribution in [0.1, 0.15) is 23.7 Å². The van der Waals surface area contributed by atoms with Gasteiger partial charge in [-0.25, -0.2) is 4.98 Å². The number of hydrogen-bond acceptors (Lipinski definition) is 4. The number of nitrogens with one attached hydrogen (secondary N) is 1. The van der Waals surface area contributed by atoms with E-state index in [1.165, 1.54) is 5.56 Å². The van der Waals surface area contributed by atoms with Gasteiger partial charge in [0, 0.05) is 5.38 Å². The molecule has 0 fully saturated rings. The lowest BCUT2D eigenvalue weighted by molar-refractivity contribution is 0.507. The minimum atomic E-state index is 0.145. The second-order valence-electron chi connectivity index (χ2n) is 3.66. The van der Waals surface area contributed by atoms with E-state index in [0.717, 1.165) is 18.5 Å². The zero-order valence-corrected chi connectivity index (χ0v) is 9.78. The van der Waals surface area contributed by atoms with Crippen LogP contribution in [0.15, 0.2) is 41.2 Å². The summed E-state index contributed by atoms with van der Waals surface area (Å²) in [6, 6.07) is 10.6. The molecule has 3 nitrogen and oxygen atoms in total. The van der Waals surface area contributed by atoms with Gasteiger partial charge in [-0.15, -0.1) is 11.3 Å². The largest absolute Gasteiger partial charge is 0.271 e. The maximum Gasteiger partial charge on any atom is 0.0795 e. The quantitative estimate of drug-likeness (QED) is 0.615. The van der Waals surface area contributed by atoms with Gasteiger partial charge >= 0.3 is 0 Å². The fourth-order valence-electron chi connectivity index (χ4n) is 1.67. The molecule has 1 unspecified atom stereocenters. The Hall–Kier alpha value is -1.23. The molecule has 0 bridgehead atoms. The smallest absolute Gasteiger partial charge is 0.0795 e. The highest BCUT2D eigenvalue weighted by atomic mass is 32.1. The molecule has 1 heterocycles. The number of rotatable bonds is 5. The first-order chi connectivity index (χ1) is 7.90. The van der Waals surface area contributed by atoms with Crippen molar-refractivity contribution in [2.45, 2.75) is 18.9 Å². The number of hydrazine groups is 1. The second kappa shape index (κ2) is 5.75. The minimum Gasteiger partial charge on any atom is -0.271 e. The summed E-state index contributed by atoms with van der Waals surface area (Å²) >= 11 is 1.60. The van der Waals surface area contributed by atoms with E-state index in [0.29, 0.717) is 0 Å². The van der Waals surface area contributed by atoms with E-state index in [-0.39, 0.29) is 6.04 Å². The molecule has 2 rings (SSSR count). The summed E-state index contributed by atoms with van der Waals surface area (Å²) in [6.07, 6.45) is 1.97. The molecule has 3 N–H and O–H groups in total. The Balaban J connectivity index is 1.94. The van der Waals surface area contributed by atoms with Crippen LogP contribution in [0.25, 0.3) is 0 Å². The summed E-state index contributed by atoms with van der Waals surface area (Å²) < 4.78 is 0. The van der Waals surface area contributed by atoms with E-state index in [2.05, 4.69) is 34.7 Å². The van der Waals surface area contributed by atoms with Gasteiger partial charge in [-0.1, -0.05) is 30.3 Å². The molecule has 2 aromatic rings. The third kappa shape index (κ3) is 2.88. The van der Waals surface area contributed by atoms with Crippen LogP contribution in [0.2, 0.25) is 0 Å². The number of thiazole rings is 1. The van der Waals surface area contributed by atoms with Crippen molar-refractivity contribution >= 4 is 11.3 Å². The van der Waals surface area contributed by atoms with Gasteiger partial charge in [-0.2, -0.15) is 0 Å². The van der Waals surface area contributed by atoms with Gasteiger partial charge in [0.15, 0.2) is 0 Å². The van der Waals surface area contributed by atoms with Crippen molar-refractivity contribution in [2.75, 3.05) is 0 Å². The van der Waals surface area contributed by atoms with Gasteiger partial charge in [0.2, 0.25) is 0 Å². The van der Waals surface area contributed by atoms with E-state index in [9.17, 15) is 0 Å². The van der Waals surface area contributed by atoms with Crippen molar-refractivity contribution in [3.8, 4) is 0 Å². The van der Waals surface area contributed by atoms with E-state index in [4.69, 9.17) is 5.84 Å². The molecule has 0 aliphatic carbocycles. The van der Waals surface area contributed by atoms with E-state index in [1.54, 1.807) is 11.3 Å². The van der Waals surface area contributed by atoms with E-state index < -0.39 is 0 Å². The van der Waals surface area contributed by atoms with Gasteiger partial charge < -0.3 is 0 Å². The van der Waals surface area contributed by atoms with Crippen LogP contribution >= 0.6 is 11.3 Å². The first kappa shape index (κ1) is 11.3. The monoisotopic (exact) mass is 233 g/mol. The van der Waals surface area contributed by atoms with Crippen molar-refractivity contribution < 1.29 is 0 Å². The Bertz CT molecular complexity index is 399. The minimum absolute atomic E-state index is 0.145. The van der Waals surface area contributed by atoms with Crippen molar-refractivity contribution in [3.63, 3.8) is 0 Å². The first-order valence-electron chi connectivity index (χ1n) is 5.28. The molecule has 1 aromatic carbocycles. The standard InChI is InChI=1S/C12H15N3S/c13-15-11(12-8-16-9-14-12)7-6-10-4-2-1-3-5-10/h1-5,8-9,11,15H,6-7,13H2. The van der Waals surface area contributed by atoms with Crippen molar-refractivity contribution in [3.05, 3.63) is 52.5 Å². The van der Waals surface area contributed by atoms with Crippen LogP contribution in [0.3, 0.4) is 0 Å². The summed E-state index contributed by atoms with van der Waals surface area (Å²) in [5, 5.41) is 2.04. The fraction of sp³-hybridized carbons (Fsp3) is 0.250. The van der Waals surface area contributed by atoms with Gasteiger partial charge in [0.25, 0.3) is 0 Å². The molecule has 16 heavy (non-hydrogen) atoms. The summed E-state index contributed by atoms with van der Waals surface area (Å²) in [5.74, 6) is 5.54. The van der Waals surface area contributed by atoms with Gasteiger partial charge in [0.05, 0.1) is 17.2 Å². The molecule has 0 spiro atoms. The van der Waals surface area contributed by atoms with Crippen molar-refractivity contribution in [1.29, 1.82) is 0 Å². The Morgan fingerprint density at radius 1 is 1.31 bits per heavy atom. The zero-order chi connectivity index (χ0) is 11.2. The molecule has 84 valence electrons. The molecular formula is C12H15N3S. The molecule has 0 radical (unpaired) electrons. The first-order valence-corrected chi connectivity index (χ1v) is 6.22. The van der Waals surface area contributed by atoms with E-state index >= 15 is 0 Å². The lowest BCUT2D eigenvalue weighted by atomic mass is 10.0. The maximum atomic E-state index is 5.54. The number of benzene rings is 1. The normalized spacial score (nSPS) is 12.6. The maximum absolute atomic E-state index is 5.54. The van der Waals surface area contributed by atoms with Crippen molar-refractivity contribution in [1.82, 2.24) is 10.4 Å². The molecule has 0 saturated carbocycles. The van der Waals surface area contributed by atoms with Crippen LogP contribution in [0, 0.1) is 0 Å². The van der Waals surface area contributed by atoms with Crippen LogP contribution in [-0.4, -0.2) is 4.98 Å². The highest BCUT2D eigenvalue weighted by Gasteiger charge is 2.11. The number of nitrogens with zero attached hydrogens (tertiary/aromatic N) is 1. The molecule has 1 aromatic heterocycles. The van der Waals surface area contributed by atoms with Crippen LogP contribution in [0.4, 0.5) is 0 Å². The number of aryl methyl sites for hydroxylation is 1. The lowest BCUT2D eigenvalue weighted by Crippen LogP contribution is -2.28. The Morgan fingerprint density at radius 2 is 2.12 bits per heavy atom.